The van der Waals surface area contributed by atoms with Crippen molar-refractivity contribution in [1.82, 2.24) is 15.1 Å². The van der Waals surface area contributed by atoms with Crippen LogP contribution in [0.25, 0.3) is 0 Å². The lowest BCUT2D eigenvalue weighted by Crippen LogP contribution is -2.18. The van der Waals surface area contributed by atoms with Crippen LogP contribution in [0.15, 0.2) is 24.5 Å². The zero-order valence-electron chi connectivity index (χ0n) is 10.7. The number of aromatic nitrogens is 2. The van der Waals surface area contributed by atoms with Crippen molar-refractivity contribution in [3.63, 3.8) is 0 Å². The Morgan fingerprint density at radius 3 is 2.94 bits per heavy atom. The third-order valence-electron chi connectivity index (χ3n) is 2.45. The van der Waals surface area contributed by atoms with Gasteiger partial charge in [0.2, 0.25) is 0 Å². The molecular weight excluding hydrogens is 198 g/mol. The minimum Gasteiger partial charge on any atom is -0.312 e. The average molecular weight is 221 g/mol. The van der Waals surface area contributed by atoms with Crippen LogP contribution in [0, 0.1) is 5.92 Å². The smallest absolute Gasteiger partial charge is 0.0616 e. The van der Waals surface area contributed by atoms with E-state index in [-0.39, 0.29) is 0 Å². The molecule has 90 valence electrons. The van der Waals surface area contributed by atoms with Crippen LogP contribution in [0.3, 0.4) is 0 Å². The van der Waals surface area contributed by atoms with Crippen LogP contribution < -0.4 is 5.32 Å². The Kier molecular flexibility index (Phi) is 5.26. The maximum absolute atomic E-state index is 4.32. The van der Waals surface area contributed by atoms with Gasteiger partial charge in [-0.15, -0.1) is 0 Å². The summed E-state index contributed by atoms with van der Waals surface area (Å²) < 4.78 is 1.96. The largest absolute Gasteiger partial charge is 0.312 e. The first-order valence-electron chi connectivity index (χ1n) is 6.00. The van der Waals surface area contributed by atoms with Gasteiger partial charge in [-0.05, 0) is 18.9 Å². The van der Waals surface area contributed by atoms with Crippen LogP contribution in [-0.2, 0) is 13.1 Å². The highest BCUT2D eigenvalue weighted by atomic mass is 15.3. The third kappa shape index (κ3) is 4.62. The van der Waals surface area contributed by atoms with Gasteiger partial charge in [-0.2, -0.15) is 5.10 Å². The molecule has 1 rings (SSSR count). The highest BCUT2D eigenvalue weighted by Crippen LogP contribution is 2.03. The lowest BCUT2D eigenvalue weighted by Gasteiger charge is -2.05. The summed E-state index contributed by atoms with van der Waals surface area (Å²) in [4.78, 5) is 0. The van der Waals surface area contributed by atoms with Gasteiger partial charge in [0, 0.05) is 18.3 Å². The average Bonchev–Trinajstić information content (AvgIpc) is 2.65. The zero-order valence-corrected chi connectivity index (χ0v) is 10.7. The SMILES string of the molecule is C=C(CC)Cn1cc(CNCC(C)C)cn1. The van der Waals surface area contributed by atoms with Crippen molar-refractivity contribution in [2.75, 3.05) is 6.54 Å². The number of nitrogens with zero attached hydrogens (tertiary/aromatic N) is 2. The number of rotatable bonds is 7. The molecule has 1 aromatic rings. The van der Waals surface area contributed by atoms with E-state index in [9.17, 15) is 0 Å². The van der Waals surface area contributed by atoms with E-state index < -0.39 is 0 Å². The van der Waals surface area contributed by atoms with Gasteiger partial charge in [-0.25, -0.2) is 0 Å². The summed E-state index contributed by atoms with van der Waals surface area (Å²) in [6.07, 6.45) is 5.03. The van der Waals surface area contributed by atoms with E-state index in [0.29, 0.717) is 5.92 Å². The van der Waals surface area contributed by atoms with Gasteiger partial charge < -0.3 is 5.32 Å². The van der Waals surface area contributed by atoms with Gasteiger partial charge >= 0.3 is 0 Å². The monoisotopic (exact) mass is 221 g/mol. The fourth-order valence-electron chi connectivity index (χ4n) is 1.43. The molecule has 1 heterocycles. The molecule has 0 unspecified atom stereocenters. The molecular formula is C13H23N3. The van der Waals surface area contributed by atoms with Crippen LogP contribution in [-0.4, -0.2) is 16.3 Å². The summed E-state index contributed by atoms with van der Waals surface area (Å²) in [5, 5.41) is 7.72. The Labute approximate surface area is 98.5 Å². The van der Waals surface area contributed by atoms with Crippen molar-refractivity contribution >= 4 is 0 Å². The van der Waals surface area contributed by atoms with Crippen LogP contribution >= 0.6 is 0 Å². The molecule has 0 atom stereocenters. The Morgan fingerprint density at radius 1 is 1.56 bits per heavy atom. The summed E-state index contributed by atoms with van der Waals surface area (Å²) in [6.45, 7) is 13.3. The molecule has 0 fully saturated rings. The Balaban J connectivity index is 2.36. The molecule has 0 radical (unpaired) electrons. The maximum atomic E-state index is 4.32. The number of allylic oxidation sites excluding steroid dienone is 1. The Hall–Kier alpha value is -1.09. The first-order valence-corrected chi connectivity index (χ1v) is 6.00. The summed E-state index contributed by atoms with van der Waals surface area (Å²) in [6, 6.07) is 0. The van der Waals surface area contributed by atoms with Crippen molar-refractivity contribution in [2.45, 2.75) is 40.3 Å². The second-order valence-electron chi connectivity index (χ2n) is 4.67. The molecule has 0 bridgehead atoms. The lowest BCUT2D eigenvalue weighted by molar-refractivity contribution is 0.552. The molecule has 0 spiro atoms. The predicted octanol–water partition coefficient (Wildman–Crippen LogP) is 2.59. The summed E-state index contributed by atoms with van der Waals surface area (Å²) in [5.41, 5.74) is 2.45. The van der Waals surface area contributed by atoms with Gasteiger partial charge in [-0.3, -0.25) is 4.68 Å². The third-order valence-corrected chi connectivity index (χ3v) is 2.45. The van der Waals surface area contributed by atoms with Crippen LogP contribution in [0.4, 0.5) is 0 Å². The van der Waals surface area contributed by atoms with Crippen molar-refractivity contribution in [3.05, 3.63) is 30.1 Å². The van der Waals surface area contributed by atoms with E-state index in [4.69, 9.17) is 0 Å². The Bertz CT molecular complexity index is 326. The Morgan fingerprint density at radius 2 is 2.31 bits per heavy atom. The van der Waals surface area contributed by atoms with Crippen LogP contribution in [0.2, 0.25) is 0 Å². The van der Waals surface area contributed by atoms with Gasteiger partial charge in [0.05, 0.1) is 12.7 Å². The molecule has 3 nitrogen and oxygen atoms in total. The highest BCUT2D eigenvalue weighted by Gasteiger charge is 2.00. The second-order valence-corrected chi connectivity index (χ2v) is 4.67. The summed E-state index contributed by atoms with van der Waals surface area (Å²) in [5.74, 6) is 0.690. The van der Waals surface area contributed by atoms with Gasteiger partial charge in [0.25, 0.3) is 0 Å². The van der Waals surface area contributed by atoms with Crippen LogP contribution in [0.1, 0.15) is 32.8 Å². The highest BCUT2D eigenvalue weighted by molar-refractivity contribution is 5.05. The minimum atomic E-state index is 0.690. The number of hydrogen-bond donors (Lipinski definition) is 1. The van der Waals surface area contributed by atoms with E-state index in [2.05, 4.69) is 44.0 Å². The molecule has 16 heavy (non-hydrogen) atoms. The molecule has 0 saturated carbocycles. The summed E-state index contributed by atoms with van der Waals surface area (Å²) in [7, 11) is 0. The molecule has 1 aromatic heterocycles. The van der Waals surface area contributed by atoms with Gasteiger partial charge in [0.15, 0.2) is 0 Å². The zero-order chi connectivity index (χ0) is 12.0. The van der Waals surface area contributed by atoms with E-state index in [1.807, 2.05) is 10.9 Å². The fourth-order valence-corrected chi connectivity index (χ4v) is 1.43. The topological polar surface area (TPSA) is 29.9 Å². The van der Waals surface area contributed by atoms with Crippen molar-refractivity contribution in [3.8, 4) is 0 Å². The minimum absolute atomic E-state index is 0.690. The fraction of sp³-hybridized carbons (Fsp3) is 0.615. The molecule has 0 aromatic carbocycles. The lowest BCUT2D eigenvalue weighted by atomic mass is 10.2. The maximum Gasteiger partial charge on any atom is 0.0616 e. The first-order chi connectivity index (χ1) is 7.61. The second kappa shape index (κ2) is 6.48. The molecule has 0 aliphatic rings. The molecule has 3 heteroatoms. The van der Waals surface area contributed by atoms with Crippen molar-refractivity contribution in [2.24, 2.45) is 5.92 Å². The van der Waals surface area contributed by atoms with Crippen LogP contribution in [0.5, 0.6) is 0 Å². The molecule has 0 amide bonds. The standard InChI is InChI=1S/C13H23N3/c1-5-12(4)9-16-10-13(8-15-16)7-14-6-11(2)3/h8,10-11,14H,4-7,9H2,1-3H3. The molecule has 1 N–H and O–H groups in total. The first kappa shape index (κ1) is 13.0. The predicted molar refractivity (Wildman–Crippen MR) is 68.2 cm³/mol. The molecule has 0 saturated heterocycles. The number of nitrogens with one attached hydrogen (secondary N) is 1. The van der Waals surface area contributed by atoms with Crippen molar-refractivity contribution < 1.29 is 0 Å². The number of hydrogen-bond acceptors (Lipinski definition) is 2. The molecule has 0 aliphatic carbocycles. The van der Waals surface area contributed by atoms with E-state index in [1.54, 1.807) is 0 Å². The van der Waals surface area contributed by atoms with Crippen molar-refractivity contribution in [1.29, 1.82) is 0 Å². The van der Waals surface area contributed by atoms with Gasteiger partial charge in [-0.1, -0.05) is 32.9 Å². The van der Waals surface area contributed by atoms with E-state index >= 15 is 0 Å². The summed E-state index contributed by atoms with van der Waals surface area (Å²) >= 11 is 0. The van der Waals surface area contributed by atoms with E-state index in [1.165, 1.54) is 11.1 Å². The van der Waals surface area contributed by atoms with E-state index in [0.717, 1.165) is 26.1 Å². The quantitative estimate of drug-likeness (QED) is 0.717. The van der Waals surface area contributed by atoms with Gasteiger partial charge in [0.1, 0.15) is 0 Å². The molecule has 0 aliphatic heterocycles. The normalized spacial score (nSPS) is 11.0.